The number of likely N-dealkylation sites (N-methyl/N-ethyl adjacent to an activating group) is 1. The van der Waals surface area contributed by atoms with Gasteiger partial charge in [-0.3, -0.25) is 24.4 Å². The zero-order chi connectivity index (χ0) is 34.2. The zero-order valence-electron chi connectivity index (χ0n) is 24.9. The number of amides is 2. The highest BCUT2D eigenvalue weighted by Gasteiger charge is 2.36. The van der Waals surface area contributed by atoms with E-state index in [-0.39, 0.29) is 29.5 Å². The van der Waals surface area contributed by atoms with Crippen LogP contribution in [-0.2, 0) is 15.7 Å². The van der Waals surface area contributed by atoms with E-state index in [9.17, 15) is 31.5 Å². The molecular weight excluding hydrogens is 677 g/mol. The Morgan fingerprint density at radius 1 is 0.935 bits per heavy atom. The third-order valence-electron chi connectivity index (χ3n) is 6.03. The second kappa shape index (κ2) is 16.0. The van der Waals surface area contributed by atoms with Crippen LogP contribution in [0.2, 0.25) is 5.02 Å². The Balaban J connectivity index is 0.000000260. The van der Waals surface area contributed by atoms with Crippen molar-refractivity contribution in [2.75, 3.05) is 37.6 Å². The zero-order valence-corrected chi connectivity index (χ0v) is 27.3. The van der Waals surface area contributed by atoms with Crippen molar-refractivity contribution < 1.29 is 41.0 Å². The molecule has 3 heterocycles. The molecule has 0 saturated heterocycles. The van der Waals surface area contributed by atoms with Gasteiger partial charge in [-0.2, -0.15) is 30.7 Å². The molecular formula is C29H27ClF5N5O4S2. The van der Waals surface area contributed by atoms with Crippen molar-refractivity contribution in [3.63, 3.8) is 0 Å². The van der Waals surface area contributed by atoms with Crippen LogP contribution in [0.5, 0.6) is 5.75 Å². The van der Waals surface area contributed by atoms with Gasteiger partial charge in [-0.05, 0) is 53.4 Å². The second-order valence-corrected chi connectivity index (χ2v) is 10.8. The fourth-order valence-corrected chi connectivity index (χ4v) is 5.93. The van der Waals surface area contributed by atoms with Gasteiger partial charge in [0.2, 0.25) is 0 Å². The number of alkyl halides is 5. The lowest BCUT2D eigenvalue weighted by atomic mass is 10.1. The van der Waals surface area contributed by atoms with Gasteiger partial charge in [0, 0.05) is 33.6 Å². The summed E-state index contributed by atoms with van der Waals surface area (Å²) in [6.07, 6.45) is -3.04. The number of hydrogen-bond donors (Lipinski definition) is 0. The first-order chi connectivity index (χ1) is 21.8. The van der Waals surface area contributed by atoms with Crippen LogP contribution in [0.1, 0.15) is 29.8 Å². The van der Waals surface area contributed by atoms with E-state index in [2.05, 4.69) is 18.5 Å². The summed E-state index contributed by atoms with van der Waals surface area (Å²) in [6, 6.07) is 10.6. The Morgan fingerprint density at radius 3 is 2.11 bits per heavy atom. The maximum atomic E-state index is 13.2. The molecule has 0 aliphatic heterocycles. The van der Waals surface area contributed by atoms with Gasteiger partial charge in [0.15, 0.2) is 11.6 Å². The molecule has 0 unspecified atom stereocenters. The number of benzene rings is 2. The molecule has 2 amide bonds. The summed E-state index contributed by atoms with van der Waals surface area (Å²) in [5, 5.41) is 1.52. The molecule has 246 valence electrons. The van der Waals surface area contributed by atoms with Crippen molar-refractivity contribution in [3.05, 3.63) is 71.0 Å². The van der Waals surface area contributed by atoms with E-state index >= 15 is 0 Å². The number of hydrogen-bond acceptors (Lipinski definition) is 9. The summed E-state index contributed by atoms with van der Waals surface area (Å²) < 4.78 is 83.7. The van der Waals surface area contributed by atoms with Crippen LogP contribution < -0.4 is 14.5 Å². The van der Waals surface area contributed by atoms with Crippen LogP contribution in [0.25, 0.3) is 20.2 Å². The SMILES string of the molecule is CC.CN(C(=O)c1cnccc1C(F)(F)F)c1nsc2cccc(OC(F)F)c12.COCC(=O)N(C)c1nsc2cccc(Cl)c12. The molecule has 0 saturated carbocycles. The highest BCUT2D eigenvalue weighted by molar-refractivity contribution is 7.14. The van der Waals surface area contributed by atoms with Gasteiger partial charge in [-0.25, -0.2) is 0 Å². The fraction of sp³-hybridized carbons (Fsp3) is 0.276. The van der Waals surface area contributed by atoms with Crippen LogP contribution in [0.15, 0.2) is 54.9 Å². The van der Waals surface area contributed by atoms with E-state index in [1.807, 2.05) is 26.0 Å². The Kier molecular flexibility index (Phi) is 12.7. The van der Waals surface area contributed by atoms with Crippen LogP contribution in [0, 0.1) is 0 Å². The number of ether oxygens (including phenoxy) is 2. The third kappa shape index (κ3) is 8.23. The molecule has 0 atom stereocenters. The number of methoxy groups -OCH3 is 1. The molecule has 0 N–H and O–H groups in total. The minimum Gasteiger partial charge on any atom is -0.434 e. The Hall–Kier alpha value is -3.99. The molecule has 0 radical (unpaired) electrons. The van der Waals surface area contributed by atoms with Crippen molar-refractivity contribution in [1.29, 1.82) is 0 Å². The number of carbonyl (C=O) groups is 2. The minimum atomic E-state index is -4.76. The smallest absolute Gasteiger partial charge is 0.417 e. The number of halogens is 6. The Labute approximate surface area is 273 Å². The Bertz CT molecular complexity index is 1800. The number of nitrogens with zero attached hydrogens (tertiary/aromatic N) is 5. The first-order valence-corrected chi connectivity index (χ1v) is 15.2. The second-order valence-electron chi connectivity index (χ2n) is 8.80. The highest BCUT2D eigenvalue weighted by atomic mass is 35.5. The molecule has 5 aromatic rings. The number of aromatic nitrogens is 3. The van der Waals surface area contributed by atoms with E-state index in [1.165, 1.54) is 42.7 Å². The van der Waals surface area contributed by atoms with E-state index in [4.69, 9.17) is 16.3 Å². The van der Waals surface area contributed by atoms with Crippen molar-refractivity contribution in [2.45, 2.75) is 26.6 Å². The molecule has 0 aliphatic carbocycles. The van der Waals surface area contributed by atoms with Gasteiger partial charge in [-0.1, -0.05) is 37.6 Å². The molecule has 2 aromatic carbocycles. The number of rotatable bonds is 7. The van der Waals surface area contributed by atoms with Gasteiger partial charge in [0.05, 0.1) is 36.3 Å². The molecule has 0 fully saturated rings. The monoisotopic (exact) mass is 703 g/mol. The van der Waals surface area contributed by atoms with E-state index in [1.54, 1.807) is 19.2 Å². The van der Waals surface area contributed by atoms with Crippen LogP contribution in [-0.4, -0.2) is 60.0 Å². The van der Waals surface area contributed by atoms with Crippen LogP contribution in [0.3, 0.4) is 0 Å². The lowest BCUT2D eigenvalue weighted by Gasteiger charge is -2.18. The maximum Gasteiger partial charge on any atom is 0.417 e. The lowest BCUT2D eigenvalue weighted by Crippen LogP contribution is -2.30. The molecule has 5 rings (SSSR count). The highest BCUT2D eigenvalue weighted by Crippen LogP contribution is 2.39. The Morgan fingerprint density at radius 2 is 1.52 bits per heavy atom. The molecule has 0 aliphatic rings. The summed E-state index contributed by atoms with van der Waals surface area (Å²) in [5.74, 6) is -0.923. The summed E-state index contributed by atoms with van der Waals surface area (Å²) in [4.78, 5) is 30.3. The first-order valence-electron chi connectivity index (χ1n) is 13.3. The lowest BCUT2D eigenvalue weighted by molar-refractivity contribution is -0.138. The van der Waals surface area contributed by atoms with Crippen molar-refractivity contribution >= 4 is 78.3 Å². The molecule has 46 heavy (non-hydrogen) atoms. The van der Waals surface area contributed by atoms with E-state index in [0.717, 1.165) is 38.9 Å². The topological polar surface area (TPSA) is 97.8 Å². The number of anilines is 2. The summed E-state index contributed by atoms with van der Waals surface area (Å²) in [5.41, 5.74) is -1.83. The van der Waals surface area contributed by atoms with Crippen molar-refractivity contribution in [3.8, 4) is 5.75 Å². The first kappa shape index (κ1) is 36.5. The van der Waals surface area contributed by atoms with Crippen LogP contribution >= 0.6 is 34.7 Å². The van der Waals surface area contributed by atoms with Gasteiger partial charge >= 0.3 is 12.8 Å². The predicted octanol–water partition coefficient (Wildman–Crippen LogP) is 8.17. The van der Waals surface area contributed by atoms with Gasteiger partial charge < -0.3 is 9.47 Å². The number of pyridine rings is 1. The molecule has 17 heteroatoms. The van der Waals surface area contributed by atoms with Gasteiger partial charge in [0.25, 0.3) is 11.8 Å². The fourth-order valence-electron chi connectivity index (χ4n) is 3.96. The number of carbonyl (C=O) groups excluding carboxylic acids is 2. The van der Waals surface area contributed by atoms with Crippen LogP contribution in [0.4, 0.5) is 33.6 Å². The average Bonchev–Trinajstić information content (AvgIpc) is 3.67. The maximum absolute atomic E-state index is 13.2. The number of fused-ring (bicyclic) bond motifs is 2. The molecule has 3 aromatic heterocycles. The summed E-state index contributed by atoms with van der Waals surface area (Å²) in [7, 11) is 4.35. The molecule has 0 bridgehead atoms. The summed E-state index contributed by atoms with van der Waals surface area (Å²) >= 11 is 8.35. The van der Waals surface area contributed by atoms with Gasteiger partial charge in [-0.15, -0.1) is 0 Å². The van der Waals surface area contributed by atoms with E-state index in [0.29, 0.717) is 21.6 Å². The average molecular weight is 704 g/mol. The quantitative estimate of drug-likeness (QED) is 0.158. The summed E-state index contributed by atoms with van der Waals surface area (Å²) in [6.45, 7) is 0.916. The van der Waals surface area contributed by atoms with E-state index < -0.39 is 29.8 Å². The third-order valence-corrected chi connectivity index (χ3v) is 7.94. The standard InChI is InChI=1S/C16H10F5N3O2S.C11H11ClN2O2S.C2H6/c1-24(14(25)8-7-22-6-5-9(8)16(19,20)21)13-12-10(26-15(17)18)3-2-4-11(12)27-23-13;1-14(9(15)6-16-2)11-10-7(12)4-3-5-8(10)17-13-11;1-2/h2-7,15H,1H3;3-5H,6H2,1-2H3;1-2H3. The normalized spacial score (nSPS) is 11.0. The van der Waals surface area contributed by atoms with Crippen molar-refractivity contribution in [1.82, 2.24) is 13.7 Å². The molecule has 0 spiro atoms. The predicted molar refractivity (Wildman–Crippen MR) is 169 cm³/mol. The van der Waals surface area contributed by atoms with Crippen molar-refractivity contribution in [2.24, 2.45) is 0 Å². The minimum absolute atomic E-state index is 0.0278. The molecule has 9 nitrogen and oxygen atoms in total. The van der Waals surface area contributed by atoms with Gasteiger partial charge in [0.1, 0.15) is 12.4 Å². The largest absolute Gasteiger partial charge is 0.434 e.